The molecule has 1 heterocycles. The number of nitrogens with one attached hydrogen (secondary N) is 2. The number of nitrogens with zero attached hydrogens (tertiary/aromatic N) is 3. The standard InChI is InChI=1S/C20H31N5.HI/c1-5-7-12-21-20(22-13-17-10-8-16(3)9-11-17)23-14-18-15-25(4)24-19(18)6-2;/h8-11,15H,5-7,12-14H2,1-4H3,(H2,21,22,23);1H. The molecule has 0 saturated carbocycles. The van der Waals surface area contributed by atoms with Gasteiger partial charge in [-0.2, -0.15) is 5.10 Å². The highest BCUT2D eigenvalue weighted by Gasteiger charge is 2.07. The Morgan fingerprint density at radius 3 is 2.54 bits per heavy atom. The lowest BCUT2D eigenvalue weighted by molar-refractivity contribution is 0.723. The SMILES string of the molecule is CCCCNC(=NCc1ccc(C)cc1)NCc1cn(C)nc1CC.I. The van der Waals surface area contributed by atoms with Gasteiger partial charge in [0.05, 0.1) is 12.2 Å². The van der Waals surface area contributed by atoms with E-state index in [2.05, 4.69) is 67.0 Å². The van der Waals surface area contributed by atoms with Gasteiger partial charge in [-0.1, -0.05) is 50.1 Å². The fourth-order valence-corrected chi connectivity index (χ4v) is 2.63. The maximum absolute atomic E-state index is 4.74. The molecule has 0 spiro atoms. The number of hydrogen-bond donors (Lipinski definition) is 2. The first kappa shape index (κ1) is 22.5. The summed E-state index contributed by atoms with van der Waals surface area (Å²) in [5.74, 6) is 0.861. The third-order valence-electron chi connectivity index (χ3n) is 4.14. The molecule has 2 N–H and O–H groups in total. The van der Waals surface area contributed by atoms with Crippen LogP contribution >= 0.6 is 24.0 Å². The summed E-state index contributed by atoms with van der Waals surface area (Å²) in [7, 11) is 1.97. The first-order chi connectivity index (χ1) is 12.1. The summed E-state index contributed by atoms with van der Waals surface area (Å²) in [6, 6.07) is 8.54. The van der Waals surface area contributed by atoms with Crippen LogP contribution in [-0.2, 0) is 26.6 Å². The van der Waals surface area contributed by atoms with Gasteiger partial charge in [0.25, 0.3) is 0 Å². The maximum Gasteiger partial charge on any atom is 0.191 e. The smallest absolute Gasteiger partial charge is 0.191 e. The van der Waals surface area contributed by atoms with Crippen LogP contribution in [-0.4, -0.2) is 22.3 Å². The number of aliphatic imine (C=N–C) groups is 1. The number of guanidine groups is 1. The van der Waals surface area contributed by atoms with Crippen LogP contribution in [0.3, 0.4) is 0 Å². The van der Waals surface area contributed by atoms with E-state index in [1.807, 2.05) is 11.7 Å². The zero-order chi connectivity index (χ0) is 18.1. The quantitative estimate of drug-likeness (QED) is 0.267. The second-order valence-electron chi connectivity index (χ2n) is 6.41. The van der Waals surface area contributed by atoms with Gasteiger partial charge in [0.2, 0.25) is 0 Å². The Kier molecular flexibility index (Phi) is 10.3. The minimum absolute atomic E-state index is 0. The molecule has 0 amide bonds. The van der Waals surface area contributed by atoms with Gasteiger partial charge < -0.3 is 10.6 Å². The van der Waals surface area contributed by atoms with Gasteiger partial charge in [-0.25, -0.2) is 4.99 Å². The Morgan fingerprint density at radius 1 is 1.15 bits per heavy atom. The zero-order valence-corrected chi connectivity index (χ0v) is 18.7. The molecule has 6 heteroatoms. The van der Waals surface area contributed by atoms with E-state index in [4.69, 9.17) is 4.99 Å². The summed E-state index contributed by atoms with van der Waals surface area (Å²) in [5, 5.41) is 11.4. The van der Waals surface area contributed by atoms with Crippen molar-refractivity contribution in [2.75, 3.05) is 6.54 Å². The lowest BCUT2D eigenvalue weighted by atomic mass is 10.1. The second-order valence-corrected chi connectivity index (χ2v) is 6.41. The third-order valence-corrected chi connectivity index (χ3v) is 4.14. The fraction of sp³-hybridized carbons (Fsp3) is 0.500. The number of hydrogen-bond acceptors (Lipinski definition) is 2. The van der Waals surface area contributed by atoms with Crippen LogP contribution in [0.25, 0.3) is 0 Å². The topological polar surface area (TPSA) is 54.2 Å². The Hall–Kier alpha value is -1.57. The molecular weight excluding hydrogens is 437 g/mol. The van der Waals surface area contributed by atoms with Crippen molar-refractivity contribution in [2.24, 2.45) is 12.0 Å². The van der Waals surface area contributed by atoms with Gasteiger partial charge in [-0.3, -0.25) is 4.68 Å². The van der Waals surface area contributed by atoms with Crippen molar-refractivity contribution in [3.8, 4) is 0 Å². The minimum atomic E-state index is 0. The second kappa shape index (κ2) is 11.9. The van der Waals surface area contributed by atoms with Crippen molar-refractivity contribution in [2.45, 2.75) is 53.1 Å². The van der Waals surface area contributed by atoms with Crippen LogP contribution in [0.4, 0.5) is 0 Å². The van der Waals surface area contributed by atoms with Crippen LogP contribution in [0.5, 0.6) is 0 Å². The number of unbranched alkanes of at least 4 members (excludes halogenated alkanes) is 1. The number of aromatic nitrogens is 2. The number of halogens is 1. The van der Waals surface area contributed by atoms with Crippen LogP contribution in [0.15, 0.2) is 35.5 Å². The van der Waals surface area contributed by atoms with E-state index in [0.717, 1.165) is 37.6 Å². The van der Waals surface area contributed by atoms with Crippen molar-refractivity contribution in [1.82, 2.24) is 20.4 Å². The lowest BCUT2D eigenvalue weighted by Crippen LogP contribution is -2.37. The monoisotopic (exact) mass is 469 g/mol. The molecule has 1 aromatic heterocycles. The van der Waals surface area contributed by atoms with Crippen molar-refractivity contribution in [3.05, 3.63) is 52.8 Å². The Bertz CT molecular complexity index is 676. The van der Waals surface area contributed by atoms with Gasteiger partial charge in [0.15, 0.2) is 5.96 Å². The van der Waals surface area contributed by atoms with E-state index in [0.29, 0.717) is 6.54 Å². The summed E-state index contributed by atoms with van der Waals surface area (Å²) in [6.45, 7) is 8.78. The van der Waals surface area contributed by atoms with E-state index in [9.17, 15) is 0 Å². The lowest BCUT2D eigenvalue weighted by Gasteiger charge is -2.12. The Labute approximate surface area is 174 Å². The fourth-order valence-electron chi connectivity index (χ4n) is 2.63. The van der Waals surface area contributed by atoms with Crippen molar-refractivity contribution in [3.63, 3.8) is 0 Å². The normalized spacial score (nSPS) is 11.2. The summed E-state index contributed by atoms with van der Waals surface area (Å²) in [4.78, 5) is 4.74. The summed E-state index contributed by atoms with van der Waals surface area (Å²) >= 11 is 0. The molecule has 0 bridgehead atoms. The summed E-state index contributed by atoms with van der Waals surface area (Å²) < 4.78 is 1.88. The number of rotatable bonds is 8. The molecule has 144 valence electrons. The van der Waals surface area contributed by atoms with E-state index in [1.165, 1.54) is 23.1 Å². The van der Waals surface area contributed by atoms with Gasteiger partial charge in [-0.05, 0) is 25.3 Å². The van der Waals surface area contributed by atoms with E-state index in [1.54, 1.807) is 0 Å². The molecule has 0 fully saturated rings. The third kappa shape index (κ3) is 7.35. The molecule has 0 saturated heterocycles. The summed E-state index contributed by atoms with van der Waals surface area (Å²) in [6.07, 6.45) is 5.32. The highest BCUT2D eigenvalue weighted by Crippen LogP contribution is 2.07. The molecule has 0 aliphatic rings. The van der Waals surface area contributed by atoms with Crippen molar-refractivity contribution < 1.29 is 0 Å². The Balaban J connectivity index is 0.00000338. The first-order valence-electron chi connectivity index (χ1n) is 9.21. The van der Waals surface area contributed by atoms with E-state index in [-0.39, 0.29) is 24.0 Å². The molecule has 5 nitrogen and oxygen atoms in total. The maximum atomic E-state index is 4.74. The van der Waals surface area contributed by atoms with Gasteiger partial charge in [0, 0.05) is 31.9 Å². The molecule has 0 unspecified atom stereocenters. The highest BCUT2D eigenvalue weighted by molar-refractivity contribution is 14.0. The number of aryl methyl sites for hydroxylation is 3. The minimum Gasteiger partial charge on any atom is -0.356 e. The average Bonchev–Trinajstić information content (AvgIpc) is 2.98. The largest absolute Gasteiger partial charge is 0.356 e. The Morgan fingerprint density at radius 2 is 1.88 bits per heavy atom. The van der Waals surface area contributed by atoms with E-state index >= 15 is 0 Å². The average molecular weight is 469 g/mol. The highest BCUT2D eigenvalue weighted by atomic mass is 127. The molecule has 0 aliphatic carbocycles. The number of benzene rings is 1. The van der Waals surface area contributed by atoms with Gasteiger partial charge >= 0.3 is 0 Å². The predicted octanol–water partition coefficient (Wildman–Crippen LogP) is 3.94. The van der Waals surface area contributed by atoms with Crippen molar-refractivity contribution in [1.29, 1.82) is 0 Å². The van der Waals surface area contributed by atoms with Gasteiger partial charge in [0.1, 0.15) is 0 Å². The molecule has 0 aliphatic heterocycles. The molecular formula is C20H32IN5. The van der Waals surface area contributed by atoms with Crippen LogP contribution in [0, 0.1) is 6.92 Å². The zero-order valence-electron chi connectivity index (χ0n) is 16.4. The predicted molar refractivity (Wildman–Crippen MR) is 120 cm³/mol. The first-order valence-corrected chi connectivity index (χ1v) is 9.21. The summed E-state index contributed by atoms with van der Waals surface area (Å²) in [5.41, 5.74) is 4.86. The van der Waals surface area contributed by atoms with Gasteiger partial charge in [-0.15, -0.1) is 24.0 Å². The molecule has 1 aromatic carbocycles. The molecule has 2 rings (SSSR count). The molecule has 0 atom stereocenters. The molecule has 2 aromatic rings. The molecule has 0 radical (unpaired) electrons. The van der Waals surface area contributed by atoms with Crippen LogP contribution in [0.1, 0.15) is 49.1 Å². The molecule has 26 heavy (non-hydrogen) atoms. The van der Waals surface area contributed by atoms with E-state index < -0.39 is 0 Å². The van der Waals surface area contributed by atoms with Crippen LogP contribution in [0.2, 0.25) is 0 Å². The van der Waals surface area contributed by atoms with Crippen LogP contribution < -0.4 is 10.6 Å². The van der Waals surface area contributed by atoms with Crippen molar-refractivity contribution >= 4 is 29.9 Å².